The average Bonchev–Trinajstić information content (AvgIpc) is 3.12. The summed E-state index contributed by atoms with van der Waals surface area (Å²) in [6, 6.07) is 13.1. The molecule has 0 saturated carbocycles. The van der Waals surface area contributed by atoms with Crippen LogP contribution in [-0.2, 0) is 4.74 Å². The van der Waals surface area contributed by atoms with Crippen molar-refractivity contribution < 1.29 is 13.9 Å². The fourth-order valence-electron chi connectivity index (χ4n) is 3.01. The number of morpholine rings is 1. The lowest BCUT2D eigenvalue weighted by atomic mass is 10.2. The van der Waals surface area contributed by atoms with Crippen molar-refractivity contribution in [3.63, 3.8) is 0 Å². The normalized spacial score (nSPS) is 20.8. The van der Waals surface area contributed by atoms with Crippen LogP contribution in [0, 0.1) is 0 Å². The zero-order valence-electron chi connectivity index (χ0n) is 14.7. The smallest absolute Gasteiger partial charge is 0.270 e. The Balaban J connectivity index is 1.60. The third-order valence-electron chi connectivity index (χ3n) is 4.10. The quantitative estimate of drug-likeness (QED) is 0.713. The summed E-state index contributed by atoms with van der Waals surface area (Å²) in [4.78, 5) is 6.55. The fourth-order valence-corrected chi connectivity index (χ4v) is 3.01. The fraction of sp³-hybridized carbons (Fsp3) is 0.316. The highest BCUT2D eigenvalue weighted by Crippen LogP contribution is 2.32. The molecule has 0 radical (unpaired) electrons. The number of ether oxygens (including phenoxy) is 2. The summed E-state index contributed by atoms with van der Waals surface area (Å²) in [5, 5.41) is 8.33. The standard InChI is InChI=1S/C19H20N4O3/c1-13-11-23(2)12-16(24-13)18-21-22-19(26-18)17-15(9-6-10-20-17)25-14-7-4-3-5-8-14/h3-10,13,16H,11-12H2,1-2H3/t13-,16-/m1/s1. The van der Waals surface area contributed by atoms with Crippen LogP contribution < -0.4 is 4.74 Å². The number of para-hydroxylation sites is 1. The van der Waals surface area contributed by atoms with Gasteiger partial charge in [0.25, 0.3) is 5.89 Å². The zero-order chi connectivity index (χ0) is 17.9. The van der Waals surface area contributed by atoms with Crippen molar-refractivity contribution in [3.05, 3.63) is 54.6 Å². The van der Waals surface area contributed by atoms with E-state index in [-0.39, 0.29) is 12.2 Å². The summed E-state index contributed by atoms with van der Waals surface area (Å²) in [5.74, 6) is 2.04. The molecule has 26 heavy (non-hydrogen) atoms. The van der Waals surface area contributed by atoms with Crippen LogP contribution >= 0.6 is 0 Å². The second-order valence-electron chi connectivity index (χ2n) is 6.37. The maximum atomic E-state index is 5.93. The number of likely N-dealkylation sites (N-methyl/N-ethyl adjacent to an activating group) is 1. The lowest BCUT2D eigenvalue weighted by Crippen LogP contribution is -2.40. The highest BCUT2D eigenvalue weighted by atomic mass is 16.5. The van der Waals surface area contributed by atoms with Gasteiger partial charge in [-0.1, -0.05) is 18.2 Å². The van der Waals surface area contributed by atoms with Crippen LogP contribution in [0.15, 0.2) is 53.1 Å². The van der Waals surface area contributed by atoms with E-state index in [4.69, 9.17) is 13.9 Å². The van der Waals surface area contributed by atoms with Gasteiger partial charge in [0, 0.05) is 19.3 Å². The molecule has 3 heterocycles. The number of nitrogens with zero attached hydrogens (tertiary/aromatic N) is 4. The van der Waals surface area contributed by atoms with E-state index in [1.165, 1.54) is 0 Å². The molecule has 3 aromatic rings. The number of rotatable bonds is 4. The monoisotopic (exact) mass is 352 g/mol. The van der Waals surface area contributed by atoms with Crippen molar-refractivity contribution >= 4 is 0 Å². The minimum Gasteiger partial charge on any atom is -0.455 e. The molecule has 1 saturated heterocycles. The van der Waals surface area contributed by atoms with Gasteiger partial charge in [-0.05, 0) is 38.2 Å². The minimum absolute atomic E-state index is 0.112. The second kappa shape index (κ2) is 7.23. The molecule has 0 bridgehead atoms. The Morgan fingerprint density at radius 3 is 2.73 bits per heavy atom. The highest BCUT2D eigenvalue weighted by molar-refractivity contribution is 5.57. The van der Waals surface area contributed by atoms with Gasteiger partial charge in [0.05, 0.1) is 6.10 Å². The molecule has 134 valence electrons. The van der Waals surface area contributed by atoms with Gasteiger partial charge in [0.2, 0.25) is 5.89 Å². The molecule has 0 N–H and O–H groups in total. The molecule has 2 atom stereocenters. The summed E-state index contributed by atoms with van der Waals surface area (Å²) < 4.78 is 17.7. The van der Waals surface area contributed by atoms with Crippen molar-refractivity contribution in [2.45, 2.75) is 19.1 Å². The number of pyridine rings is 1. The maximum Gasteiger partial charge on any atom is 0.270 e. The molecule has 1 aliphatic rings. The van der Waals surface area contributed by atoms with Gasteiger partial charge < -0.3 is 18.8 Å². The third-order valence-corrected chi connectivity index (χ3v) is 4.10. The van der Waals surface area contributed by atoms with E-state index in [1.54, 1.807) is 12.3 Å². The predicted molar refractivity (Wildman–Crippen MR) is 94.8 cm³/mol. The van der Waals surface area contributed by atoms with E-state index < -0.39 is 0 Å². The molecule has 0 aliphatic carbocycles. The van der Waals surface area contributed by atoms with Gasteiger partial charge >= 0.3 is 0 Å². The first-order valence-electron chi connectivity index (χ1n) is 8.55. The van der Waals surface area contributed by atoms with Crippen molar-refractivity contribution in [2.75, 3.05) is 20.1 Å². The van der Waals surface area contributed by atoms with Crippen LogP contribution in [-0.4, -0.2) is 46.3 Å². The molecule has 7 nitrogen and oxygen atoms in total. The lowest BCUT2D eigenvalue weighted by molar-refractivity contribution is -0.0821. The molecule has 0 amide bonds. The highest BCUT2D eigenvalue weighted by Gasteiger charge is 2.29. The van der Waals surface area contributed by atoms with E-state index in [2.05, 4.69) is 20.1 Å². The second-order valence-corrected chi connectivity index (χ2v) is 6.37. The van der Waals surface area contributed by atoms with Crippen LogP contribution in [0.25, 0.3) is 11.6 Å². The predicted octanol–water partition coefficient (Wildman–Crippen LogP) is 3.32. The van der Waals surface area contributed by atoms with Crippen LogP contribution in [0.2, 0.25) is 0 Å². The van der Waals surface area contributed by atoms with Gasteiger partial charge in [-0.15, -0.1) is 10.2 Å². The van der Waals surface area contributed by atoms with Crippen LogP contribution in [0.5, 0.6) is 11.5 Å². The Labute approximate surface area is 151 Å². The molecular formula is C19H20N4O3. The van der Waals surface area contributed by atoms with Crippen LogP contribution in [0.1, 0.15) is 18.9 Å². The SMILES string of the molecule is C[C@@H]1CN(C)C[C@H](c2nnc(-c3ncccc3Oc3ccccc3)o2)O1. The van der Waals surface area contributed by atoms with E-state index >= 15 is 0 Å². The maximum absolute atomic E-state index is 5.93. The molecule has 0 unspecified atom stereocenters. The Morgan fingerprint density at radius 2 is 1.92 bits per heavy atom. The number of hydrogen-bond donors (Lipinski definition) is 0. The molecule has 1 aromatic carbocycles. The van der Waals surface area contributed by atoms with Crippen LogP contribution in [0.3, 0.4) is 0 Å². The van der Waals surface area contributed by atoms with E-state index in [1.807, 2.05) is 50.4 Å². The first-order valence-corrected chi connectivity index (χ1v) is 8.55. The Kier molecular flexibility index (Phi) is 4.64. The number of hydrogen-bond acceptors (Lipinski definition) is 7. The number of benzene rings is 1. The summed E-state index contributed by atoms with van der Waals surface area (Å²) in [7, 11) is 2.05. The van der Waals surface area contributed by atoms with E-state index in [0.29, 0.717) is 35.5 Å². The summed E-state index contributed by atoms with van der Waals surface area (Å²) >= 11 is 0. The van der Waals surface area contributed by atoms with E-state index in [9.17, 15) is 0 Å². The minimum atomic E-state index is -0.243. The summed E-state index contributed by atoms with van der Waals surface area (Å²) in [6.45, 7) is 3.62. The first kappa shape index (κ1) is 16.7. The molecule has 2 aromatic heterocycles. The van der Waals surface area contributed by atoms with E-state index in [0.717, 1.165) is 6.54 Å². The van der Waals surface area contributed by atoms with Gasteiger partial charge in [0.15, 0.2) is 11.4 Å². The molecular weight excluding hydrogens is 332 g/mol. The third kappa shape index (κ3) is 3.58. The van der Waals surface area contributed by atoms with Gasteiger partial charge in [0.1, 0.15) is 11.9 Å². The molecule has 1 fully saturated rings. The summed E-state index contributed by atoms with van der Waals surface area (Å²) in [5.41, 5.74) is 0.507. The van der Waals surface area contributed by atoms with Crippen molar-refractivity contribution in [1.82, 2.24) is 20.1 Å². The van der Waals surface area contributed by atoms with Gasteiger partial charge in [-0.3, -0.25) is 0 Å². The largest absolute Gasteiger partial charge is 0.455 e. The Morgan fingerprint density at radius 1 is 1.08 bits per heavy atom. The lowest BCUT2D eigenvalue weighted by Gasteiger charge is -2.32. The molecule has 1 aliphatic heterocycles. The Bertz CT molecular complexity index is 858. The summed E-state index contributed by atoms with van der Waals surface area (Å²) in [6.07, 6.45) is 1.54. The number of aromatic nitrogens is 3. The van der Waals surface area contributed by atoms with Crippen molar-refractivity contribution in [1.29, 1.82) is 0 Å². The Hall–Kier alpha value is -2.77. The first-order chi connectivity index (χ1) is 12.7. The van der Waals surface area contributed by atoms with Crippen LogP contribution in [0.4, 0.5) is 0 Å². The molecule has 7 heteroatoms. The van der Waals surface area contributed by atoms with Gasteiger partial charge in [-0.25, -0.2) is 4.98 Å². The molecule has 0 spiro atoms. The van der Waals surface area contributed by atoms with Gasteiger partial charge in [-0.2, -0.15) is 0 Å². The topological polar surface area (TPSA) is 73.5 Å². The van der Waals surface area contributed by atoms with Crippen molar-refractivity contribution in [2.24, 2.45) is 0 Å². The van der Waals surface area contributed by atoms with Crippen molar-refractivity contribution in [3.8, 4) is 23.1 Å². The molecule has 4 rings (SSSR count). The average molecular weight is 352 g/mol. The zero-order valence-corrected chi connectivity index (χ0v) is 14.7.